The van der Waals surface area contributed by atoms with Crippen LogP contribution in [0.5, 0.6) is 0 Å². The van der Waals surface area contributed by atoms with Crippen LogP contribution in [0.15, 0.2) is 23.1 Å². The van der Waals surface area contributed by atoms with Gasteiger partial charge in [-0.15, -0.1) is 0 Å². The number of benzene rings is 1. The summed E-state index contributed by atoms with van der Waals surface area (Å²) < 4.78 is 30.9. The van der Waals surface area contributed by atoms with Crippen molar-refractivity contribution in [1.29, 1.82) is 0 Å². The second-order valence-electron chi connectivity index (χ2n) is 9.33. The van der Waals surface area contributed by atoms with Crippen molar-refractivity contribution < 1.29 is 22.7 Å². The normalized spacial score (nSPS) is 20.1. The van der Waals surface area contributed by atoms with Crippen LogP contribution in [0.1, 0.15) is 52.0 Å². The molecule has 0 heterocycles. The van der Waals surface area contributed by atoms with Gasteiger partial charge in [0.2, 0.25) is 10.0 Å². The van der Waals surface area contributed by atoms with E-state index in [-0.39, 0.29) is 28.8 Å². The van der Waals surface area contributed by atoms with Gasteiger partial charge in [0.05, 0.1) is 10.8 Å². The number of sulfonamides is 1. The van der Waals surface area contributed by atoms with E-state index >= 15 is 0 Å². The van der Waals surface area contributed by atoms with Gasteiger partial charge < -0.3 is 10.1 Å². The molecule has 0 aromatic heterocycles. The zero-order chi connectivity index (χ0) is 22.7. The molecule has 168 valence electrons. The molecule has 0 spiro atoms. The Morgan fingerprint density at radius 2 is 1.73 bits per heavy atom. The van der Waals surface area contributed by atoms with E-state index in [2.05, 4.69) is 26.1 Å². The predicted molar refractivity (Wildman–Crippen MR) is 117 cm³/mol. The maximum absolute atomic E-state index is 12.4. The molecule has 7 nitrogen and oxygen atoms in total. The molecule has 0 radical (unpaired) electrons. The molecule has 1 saturated carbocycles. The maximum Gasteiger partial charge on any atom is 0.309 e. The van der Waals surface area contributed by atoms with Crippen molar-refractivity contribution in [3.05, 3.63) is 23.8 Å². The van der Waals surface area contributed by atoms with Crippen molar-refractivity contribution in [2.45, 2.75) is 58.3 Å². The van der Waals surface area contributed by atoms with Crippen LogP contribution in [0.4, 0.5) is 5.69 Å². The van der Waals surface area contributed by atoms with Crippen molar-refractivity contribution in [3.63, 3.8) is 0 Å². The third kappa shape index (κ3) is 6.04. The maximum atomic E-state index is 12.4. The number of rotatable bonds is 6. The summed E-state index contributed by atoms with van der Waals surface area (Å²) in [6, 6.07) is 4.54. The number of esters is 1. The van der Waals surface area contributed by atoms with E-state index in [1.54, 1.807) is 13.0 Å². The highest BCUT2D eigenvalue weighted by molar-refractivity contribution is 7.89. The first kappa shape index (κ1) is 24.3. The van der Waals surface area contributed by atoms with Crippen molar-refractivity contribution in [2.75, 3.05) is 26.0 Å². The molecule has 0 aliphatic heterocycles. The standard InChI is InChI=1S/C22H34N2O5S/c1-15-7-12-18(30(27,28)24(5)6)13-19(15)23-20(25)14-29-21(26)16-8-10-17(11-9-16)22(2,3)4/h7,12-13,16-17H,8-11,14H2,1-6H3,(H,23,25). The Morgan fingerprint density at radius 1 is 1.13 bits per heavy atom. The van der Waals surface area contributed by atoms with Crippen LogP contribution in [0.25, 0.3) is 0 Å². The van der Waals surface area contributed by atoms with Crippen molar-refractivity contribution in [3.8, 4) is 0 Å². The first-order chi connectivity index (χ1) is 13.8. The summed E-state index contributed by atoms with van der Waals surface area (Å²) >= 11 is 0. The molecule has 1 aliphatic rings. The third-order valence-electron chi connectivity index (χ3n) is 5.89. The number of carbonyl (C=O) groups excluding carboxylic acids is 2. The Kier molecular flexibility index (Phi) is 7.69. The van der Waals surface area contributed by atoms with Gasteiger partial charge in [-0.1, -0.05) is 26.8 Å². The van der Waals surface area contributed by atoms with Gasteiger partial charge in [-0.3, -0.25) is 9.59 Å². The monoisotopic (exact) mass is 438 g/mol. The lowest BCUT2D eigenvalue weighted by molar-refractivity contribution is -0.153. The zero-order valence-corrected chi connectivity index (χ0v) is 19.6. The number of hydrogen-bond donors (Lipinski definition) is 1. The molecule has 2 rings (SSSR count). The molecule has 1 fully saturated rings. The SMILES string of the molecule is Cc1ccc(S(=O)(=O)N(C)C)cc1NC(=O)COC(=O)C1CCC(C(C)(C)C)CC1. The summed E-state index contributed by atoms with van der Waals surface area (Å²) in [5, 5.41) is 2.65. The van der Waals surface area contributed by atoms with Crippen LogP contribution in [0, 0.1) is 24.2 Å². The lowest BCUT2D eigenvalue weighted by atomic mass is 9.70. The Labute approximate surface area is 180 Å². The van der Waals surface area contributed by atoms with Crippen LogP contribution >= 0.6 is 0 Å². The minimum Gasteiger partial charge on any atom is -0.455 e. The van der Waals surface area contributed by atoms with E-state index in [0.29, 0.717) is 17.2 Å². The van der Waals surface area contributed by atoms with Gasteiger partial charge in [-0.05, 0) is 61.6 Å². The molecular weight excluding hydrogens is 404 g/mol. The summed E-state index contributed by atoms with van der Waals surface area (Å²) in [5.74, 6) is -0.391. The average molecular weight is 439 g/mol. The zero-order valence-electron chi connectivity index (χ0n) is 18.8. The molecule has 1 aromatic rings. The van der Waals surface area contributed by atoms with Gasteiger partial charge >= 0.3 is 5.97 Å². The van der Waals surface area contributed by atoms with Crippen LogP contribution < -0.4 is 5.32 Å². The fourth-order valence-electron chi connectivity index (χ4n) is 3.74. The lowest BCUT2D eigenvalue weighted by Gasteiger charge is -2.36. The highest BCUT2D eigenvalue weighted by Gasteiger charge is 2.33. The summed E-state index contributed by atoms with van der Waals surface area (Å²) in [6.45, 7) is 8.05. The van der Waals surface area contributed by atoms with Crippen molar-refractivity contribution >= 4 is 27.6 Å². The number of nitrogens with one attached hydrogen (secondary N) is 1. The summed E-state index contributed by atoms with van der Waals surface area (Å²) in [5.41, 5.74) is 1.33. The summed E-state index contributed by atoms with van der Waals surface area (Å²) in [6.07, 6.45) is 3.54. The summed E-state index contributed by atoms with van der Waals surface area (Å²) in [4.78, 5) is 24.7. The van der Waals surface area contributed by atoms with Crippen LogP contribution in [0.2, 0.25) is 0 Å². The quantitative estimate of drug-likeness (QED) is 0.685. The van der Waals surface area contributed by atoms with Crippen LogP contribution in [-0.4, -0.2) is 45.3 Å². The van der Waals surface area contributed by atoms with Gasteiger partial charge in [-0.2, -0.15) is 0 Å². The molecule has 0 saturated heterocycles. The van der Waals surface area contributed by atoms with Gasteiger partial charge in [0.15, 0.2) is 6.61 Å². The molecule has 30 heavy (non-hydrogen) atoms. The Bertz CT molecular complexity index is 879. The number of hydrogen-bond acceptors (Lipinski definition) is 5. The van der Waals surface area contributed by atoms with Gasteiger partial charge in [-0.25, -0.2) is 12.7 Å². The first-order valence-corrected chi connectivity index (χ1v) is 11.8. The minimum absolute atomic E-state index is 0.0843. The van der Waals surface area contributed by atoms with Gasteiger partial charge in [0, 0.05) is 19.8 Å². The van der Waals surface area contributed by atoms with Gasteiger partial charge in [0.25, 0.3) is 5.91 Å². The number of carbonyl (C=O) groups is 2. The summed E-state index contributed by atoms with van der Waals surface area (Å²) in [7, 11) is -0.718. The number of nitrogens with zero attached hydrogens (tertiary/aromatic N) is 1. The van der Waals surface area contributed by atoms with E-state index in [1.165, 1.54) is 26.2 Å². The highest BCUT2D eigenvalue weighted by atomic mass is 32.2. The Hall–Kier alpha value is -1.93. The molecule has 0 unspecified atom stereocenters. The Balaban J connectivity index is 1.92. The average Bonchev–Trinajstić information content (AvgIpc) is 2.67. The Morgan fingerprint density at radius 3 is 2.27 bits per heavy atom. The van der Waals surface area contributed by atoms with Crippen molar-refractivity contribution in [2.24, 2.45) is 17.3 Å². The molecule has 8 heteroatoms. The molecule has 0 bridgehead atoms. The van der Waals surface area contributed by atoms with Gasteiger partial charge in [0.1, 0.15) is 0 Å². The molecule has 1 aromatic carbocycles. The molecule has 1 amide bonds. The second-order valence-corrected chi connectivity index (χ2v) is 11.5. The number of anilines is 1. The number of aryl methyl sites for hydroxylation is 1. The van der Waals surface area contributed by atoms with Crippen molar-refractivity contribution in [1.82, 2.24) is 4.31 Å². The molecule has 1 aliphatic carbocycles. The smallest absolute Gasteiger partial charge is 0.309 e. The van der Waals surface area contributed by atoms with E-state index in [9.17, 15) is 18.0 Å². The molecule has 1 N–H and O–H groups in total. The van der Waals surface area contributed by atoms with E-state index < -0.39 is 15.9 Å². The fourth-order valence-corrected chi connectivity index (χ4v) is 4.67. The fraction of sp³-hybridized carbons (Fsp3) is 0.636. The minimum atomic E-state index is -3.61. The van der Waals surface area contributed by atoms with E-state index in [0.717, 1.165) is 30.0 Å². The predicted octanol–water partition coefficient (Wildman–Crippen LogP) is 3.58. The highest BCUT2D eigenvalue weighted by Crippen LogP contribution is 2.40. The van der Waals surface area contributed by atoms with E-state index in [4.69, 9.17) is 4.74 Å². The van der Waals surface area contributed by atoms with Crippen LogP contribution in [0.3, 0.4) is 0 Å². The topological polar surface area (TPSA) is 92.8 Å². The lowest BCUT2D eigenvalue weighted by Crippen LogP contribution is -2.31. The second kappa shape index (κ2) is 9.47. The molecular formula is C22H34N2O5S. The largest absolute Gasteiger partial charge is 0.455 e. The number of ether oxygens (including phenoxy) is 1. The third-order valence-corrected chi connectivity index (χ3v) is 7.70. The molecule has 0 atom stereocenters. The number of amides is 1. The van der Waals surface area contributed by atoms with E-state index in [1.807, 2.05) is 0 Å². The van der Waals surface area contributed by atoms with Crippen LogP contribution in [-0.2, 0) is 24.3 Å². The first-order valence-electron chi connectivity index (χ1n) is 10.3.